The maximum Gasteiger partial charge on any atom is 0.328 e. The summed E-state index contributed by atoms with van der Waals surface area (Å²) in [5.41, 5.74) is 1.04. The van der Waals surface area contributed by atoms with Crippen LogP contribution in [-0.2, 0) is 11.4 Å². The molecule has 0 aliphatic rings. The van der Waals surface area contributed by atoms with Gasteiger partial charge >= 0.3 is 5.97 Å². The Morgan fingerprint density at radius 1 is 1.29 bits per heavy atom. The minimum absolute atomic E-state index is 0.0402. The number of aliphatic carboxylic acids is 1. The summed E-state index contributed by atoms with van der Waals surface area (Å²) in [6.45, 7) is 0.0402. The SMILES string of the molecule is O=C(O)/C=C/c1cccc(OCc2cc(Cl)ccc2F)c1. The van der Waals surface area contributed by atoms with Crippen LogP contribution in [0, 0.1) is 5.82 Å². The minimum atomic E-state index is -1.03. The first kappa shape index (κ1) is 15.1. The lowest BCUT2D eigenvalue weighted by Gasteiger charge is -2.08. The number of carboxylic acid groups (broad SMARTS) is 1. The van der Waals surface area contributed by atoms with Gasteiger partial charge in [0, 0.05) is 16.7 Å². The fourth-order valence-corrected chi connectivity index (χ4v) is 1.89. The number of carboxylic acids is 1. The van der Waals surface area contributed by atoms with E-state index in [0.29, 0.717) is 21.9 Å². The Hall–Kier alpha value is -2.33. The number of halogens is 2. The lowest BCUT2D eigenvalue weighted by molar-refractivity contribution is -0.131. The van der Waals surface area contributed by atoms with Gasteiger partial charge in [-0.25, -0.2) is 9.18 Å². The summed E-state index contributed by atoms with van der Waals surface area (Å²) in [5.74, 6) is -0.898. The first-order valence-corrected chi connectivity index (χ1v) is 6.50. The van der Waals surface area contributed by atoms with Crippen molar-refractivity contribution in [1.82, 2.24) is 0 Å². The summed E-state index contributed by atoms with van der Waals surface area (Å²) in [4.78, 5) is 10.5. The van der Waals surface area contributed by atoms with Crippen LogP contribution in [0.15, 0.2) is 48.5 Å². The molecule has 3 nitrogen and oxygen atoms in total. The zero-order valence-electron chi connectivity index (χ0n) is 10.9. The standard InChI is InChI=1S/C16H12ClFO3/c17-13-5-6-15(18)12(9-13)10-21-14-3-1-2-11(8-14)4-7-16(19)20/h1-9H,10H2,(H,19,20)/b7-4+. The fraction of sp³-hybridized carbons (Fsp3) is 0.0625. The highest BCUT2D eigenvalue weighted by Gasteiger charge is 2.04. The second kappa shape index (κ2) is 6.90. The number of ether oxygens (including phenoxy) is 1. The zero-order chi connectivity index (χ0) is 15.2. The van der Waals surface area contributed by atoms with Gasteiger partial charge in [-0.15, -0.1) is 0 Å². The molecule has 2 rings (SSSR count). The third-order valence-electron chi connectivity index (χ3n) is 2.68. The molecule has 0 fully saturated rings. The van der Waals surface area contributed by atoms with Crippen LogP contribution in [0.25, 0.3) is 6.08 Å². The molecular weight excluding hydrogens is 295 g/mol. The quantitative estimate of drug-likeness (QED) is 0.844. The molecule has 0 amide bonds. The van der Waals surface area contributed by atoms with Crippen molar-refractivity contribution in [3.63, 3.8) is 0 Å². The van der Waals surface area contributed by atoms with Crippen LogP contribution in [-0.4, -0.2) is 11.1 Å². The average Bonchev–Trinajstić information content (AvgIpc) is 2.46. The Balaban J connectivity index is 2.08. The fourth-order valence-electron chi connectivity index (χ4n) is 1.69. The molecule has 0 radical (unpaired) electrons. The van der Waals surface area contributed by atoms with Crippen molar-refractivity contribution >= 4 is 23.6 Å². The number of rotatable bonds is 5. The molecule has 0 unspecified atom stereocenters. The Morgan fingerprint density at radius 2 is 2.10 bits per heavy atom. The van der Waals surface area contributed by atoms with Crippen LogP contribution >= 0.6 is 11.6 Å². The second-order valence-electron chi connectivity index (χ2n) is 4.27. The Labute approximate surface area is 126 Å². The molecule has 5 heteroatoms. The van der Waals surface area contributed by atoms with E-state index in [-0.39, 0.29) is 12.4 Å². The van der Waals surface area contributed by atoms with Crippen molar-refractivity contribution in [1.29, 1.82) is 0 Å². The van der Waals surface area contributed by atoms with E-state index in [1.165, 1.54) is 24.3 Å². The van der Waals surface area contributed by atoms with Gasteiger partial charge in [0.1, 0.15) is 18.2 Å². The van der Waals surface area contributed by atoms with Gasteiger partial charge < -0.3 is 9.84 Å². The summed E-state index contributed by atoms with van der Waals surface area (Å²) in [7, 11) is 0. The first-order valence-electron chi connectivity index (χ1n) is 6.12. The monoisotopic (exact) mass is 306 g/mol. The highest BCUT2D eigenvalue weighted by molar-refractivity contribution is 6.30. The van der Waals surface area contributed by atoms with Crippen molar-refractivity contribution in [3.8, 4) is 5.75 Å². The predicted octanol–water partition coefficient (Wildman–Crippen LogP) is 4.16. The molecule has 108 valence electrons. The van der Waals surface area contributed by atoms with Crippen LogP contribution < -0.4 is 4.74 Å². The topological polar surface area (TPSA) is 46.5 Å². The molecule has 0 heterocycles. The number of hydrogen-bond donors (Lipinski definition) is 1. The van der Waals surface area contributed by atoms with E-state index in [2.05, 4.69) is 0 Å². The van der Waals surface area contributed by atoms with Gasteiger partial charge in [-0.3, -0.25) is 0 Å². The largest absolute Gasteiger partial charge is 0.489 e. The summed E-state index contributed by atoms with van der Waals surface area (Å²) in [6.07, 6.45) is 2.49. The Bertz CT molecular complexity index is 683. The normalized spacial score (nSPS) is 10.8. The molecule has 1 N–H and O–H groups in total. The number of hydrogen-bond acceptors (Lipinski definition) is 2. The maximum absolute atomic E-state index is 13.5. The average molecular weight is 307 g/mol. The molecular formula is C16H12ClFO3. The van der Waals surface area contributed by atoms with Gasteiger partial charge in [0.2, 0.25) is 0 Å². The molecule has 0 atom stereocenters. The van der Waals surface area contributed by atoms with E-state index >= 15 is 0 Å². The summed E-state index contributed by atoms with van der Waals surface area (Å²) < 4.78 is 19.0. The van der Waals surface area contributed by atoms with E-state index < -0.39 is 5.97 Å². The Morgan fingerprint density at radius 3 is 2.86 bits per heavy atom. The second-order valence-corrected chi connectivity index (χ2v) is 4.70. The van der Waals surface area contributed by atoms with E-state index in [1.54, 1.807) is 24.3 Å². The zero-order valence-corrected chi connectivity index (χ0v) is 11.7. The summed E-state index contributed by atoms with van der Waals surface area (Å²) in [5, 5.41) is 9.02. The van der Waals surface area contributed by atoms with Gasteiger partial charge in [0.15, 0.2) is 0 Å². The van der Waals surface area contributed by atoms with Crippen LogP contribution in [0.5, 0.6) is 5.75 Å². The van der Waals surface area contributed by atoms with Gasteiger partial charge in [0.25, 0.3) is 0 Å². The van der Waals surface area contributed by atoms with Crippen molar-refractivity contribution in [2.45, 2.75) is 6.61 Å². The van der Waals surface area contributed by atoms with Gasteiger partial charge in [0.05, 0.1) is 0 Å². The maximum atomic E-state index is 13.5. The summed E-state index contributed by atoms with van der Waals surface area (Å²) in [6, 6.07) is 11.1. The molecule has 0 aromatic heterocycles. The van der Waals surface area contributed by atoms with E-state index in [9.17, 15) is 9.18 Å². The van der Waals surface area contributed by atoms with E-state index in [0.717, 1.165) is 6.08 Å². The number of benzene rings is 2. The number of carbonyl (C=O) groups is 1. The molecule has 21 heavy (non-hydrogen) atoms. The minimum Gasteiger partial charge on any atom is -0.489 e. The molecule has 2 aromatic carbocycles. The predicted molar refractivity (Wildman–Crippen MR) is 78.9 cm³/mol. The molecule has 0 bridgehead atoms. The Kier molecular flexibility index (Phi) is 4.95. The van der Waals surface area contributed by atoms with Gasteiger partial charge in [-0.05, 0) is 42.0 Å². The molecule has 0 spiro atoms. The van der Waals surface area contributed by atoms with Gasteiger partial charge in [-0.1, -0.05) is 23.7 Å². The summed E-state index contributed by atoms with van der Waals surface area (Å²) >= 11 is 5.81. The third kappa shape index (κ3) is 4.61. The highest BCUT2D eigenvalue weighted by Crippen LogP contribution is 2.19. The van der Waals surface area contributed by atoms with Crippen LogP contribution in [0.2, 0.25) is 5.02 Å². The van der Waals surface area contributed by atoms with E-state index in [1.807, 2.05) is 0 Å². The van der Waals surface area contributed by atoms with Crippen molar-refractivity contribution in [2.75, 3.05) is 0 Å². The molecule has 0 saturated heterocycles. The van der Waals surface area contributed by atoms with Crippen LogP contribution in [0.1, 0.15) is 11.1 Å². The van der Waals surface area contributed by atoms with E-state index in [4.69, 9.17) is 21.4 Å². The van der Waals surface area contributed by atoms with Crippen LogP contribution in [0.3, 0.4) is 0 Å². The molecule has 2 aromatic rings. The van der Waals surface area contributed by atoms with Crippen molar-refractivity contribution in [2.24, 2.45) is 0 Å². The van der Waals surface area contributed by atoms with Crippen molar-refractivity contribution < 1.29 is 19.0 Å². The molecule has 0 aliphatic heterocycles. The molecule has 0 aliphatic carbocycles. The lowest BCUT2D eigenvalue weighted by atomic mass is 10.2. The molecule has 0 saturated carbocycles. The van der Waals surface area contributed by atoms with Crippen molar-refractivity contribution in [3.05, 3.63) is 70.5 Å². The van der Waals surface area contributed by atoms with Gasteiger partial charge in [-0.2, -0.15) is 0 Å². The highest BCUT2D eigenvalue weighted by atomic mass is 35.5. The first-order chi connectivity index (χ1) is 10.0. The smallest absolute Gasteiger partial charge is 0.328 e. The van der Waals surface area contributed by atoms with Crippen LogP contribution in [0.4, 0.5) is 4.39 Å². The lowest BCUT2D eigenvalue weighted by Crippen LogP contribution is -1.98. The third-order valence-corrected chi connectivity index (χ3v) is 2.91.